The van der Waals surface area contributed by atoms with Crippen molar-refractivity contribution in [2.75, 3.05) is 28.4 Å². The molecule has 0 spiro atoms. The Kier molecular flexibility index (Phi) is 6.59. The molecule has 0 aliphatic heterocycles. The molecule has 0 radical (unpaired) electrons. The lowest BCUT2D eigenvalue weighted by atomic mass is 9.69. The maximum absolute atomic E-state index is 12.4. The van der Waals surface area contributed by atoms with Gasteiger partial charge in [-0.05, 0) is 25.7 Å². The van der Waals surface area contributed by atoms with E-state index < -0.39 is 23.9 Å². The third-order valence-corrected chi connectivity index (χ3v) is 7.22. The third kappa shape index (κ3) is 4.13. The van der Waals surface area contributed by atoms with Crippen LogP contribution in [0.2, 0.25) is 0 Å². The number of hydrogen-bond acceptors (Lipinski definition) is 8. The average molecular weight is 469 g/mol. The van der Waals surface area contributed by atoms with Gasteiger partial charge in [-0.2, -0.15) is 0 Å². The largest absolute Gasteiger partial charge is 0.466 e. The molecule has 0 N–H and O–H groups in total. The van der Waals surface area contributed by atoms with Gasteiger partial charge in [-0.25, -0.2) is 19.2 Å². The van der Waals surface area contributed by atoms with Gasteiger partial charge in [0.15, 0.2) is 0 Å². The molecule has 0 atom stereocenters. The Morgan fingerprint density at radius 1 is 0.382 bits per heavy atom. The number of allylic oxidation sites excluding steroid dienone is 6. The molecule has 0 amide bonds. The first-order chi connectivity index (χ1) is 16.3. The lowest BCUT2D eigenvalue weighted by molar-refractivity contribution is -0.139. The number of rotatable bonds is 4. The summed E-state index contributed by atoms with van der Waals surface area (Å²) in [6.07, 6.45) is 4.36. The van der Waals surface area contributed by atoms with Gasteiger partial charge >= 0.3 is 23.9 Å². The Morgan fingerprint density at radius 3 is 0.735 bits per heavy atom. The van der Waals surface area contributed by atoms with Gasteiger partial charge in [0, 0.05) is 25.7 Å². The fourth-order valence-corrected chi connectivity index (χ4v) is 5.46. The number of hydrogen-bond donors (Lipinski definition) is 0. The standard InChI is InChI=1S/C26H28O8/c1-31-23(27)19-9-15-5-13-7-17-11-21(25(29)33-3)22(26(30)34-4)12-18(17)8-14(13)6-16(15)10-20(19)24(28)32-2/h5-12H2,1-4H3. The van der Waals surface area contributed by atoms with Crippen molar-refractivity contribution in [3.05, 3.63) is 55.7 Å². The highest BCUT2D eigenvalue weighted by Crippen LogP contribution is 2.49. The van der Waals surface area contributed by atoms with Gasteiger partial charge in [-0.1, -0.05) is 33.4 Å². The van der Waals surface area contributed by atoms with E-state index in [0.29, 0.717) is 48.0 Å². The van der Waals surface area contributed by atoms with Crippen molar-refractivity contribution < 1.29 is 38.1 Å². The number of methoxy groups -OCH3 is 4. The van der Waals surface area contributed by atoms with Gasteiger partial charge in [-0.3, -0.25) is 0 Å². The first-order valence-electron chi connectivity index (χ1n) is 11.2. The van der Waals surface area contributed by atoms with Gasteiger partial charge < -0.3 is 18.9 Å². The van der Waals surface area contributed by atoms with Crippen LogP contribution in [0.3, 0.4) is 0 Å². The maximum atomic E-state index is 12.4. The van der Waals surface area contributed by atoms with Crippen molar-refractivity contribution in [1.82, 2.24) is 0 Å². The zero-order chi connectivity index (χ0) is 24.6. The van der Waals surface area contributed by atoms with Crippen LogP contribution in [0.25, 0.3) is 0 Å². The molecule has 0 aromatic carbocycles. The third-order valence-electron chi connectivity index (χ3n) is 7.22. The molecular formula is C26H28O8. The van der Waals surface area contributed by atoms with Crippen molar-refractivity contribution >= 4 is 23.9 Å². The van der Waals surface area contributed by atoms with Crippen LogP contribution in [0.15, 0.2) is 55.7 Å². The Labute approximate surface area is 197 Å². The van der Waals surface area contributed by atoms with Gasteiger partial charge in [0.25, 0.3) is 0 Å². The number of ether oxygens (including phenoxy) is 4. The summed E-state index contributed by atoms with van der Waals surface area (Å²) in [4.78, 5) is 49.5. The second-order valence-corrected chi connectivity index (χ2v) is 8.92. The molecular weight excluding hydrogens is 440 g/mol. The summed E-state index contributed by atoms with van der Waals surface area (Å²) in [5, 5.41) is 0. The van der Waals surface area contributed by atoms with Gasteiger partial charge in [-0.15, -0.1) is 0 Å². The van der Waals surface area contributed by atoms with E-state index in [1.807, 2.05) is 0 Å². The summed E-state index contributed by atoms with van der Waals surface area (Å²) in [5.41, 5.74) is 8.61. The number of carbonyl (C=O) groups is 4. The van der Waals surface area contributed by atoms with Crippen LogP contribution < -0.4 is 0 Å². The van der Waals surface area contributed by atoms with Gasteiger partial charge in [0.2, 0.25) is 0 Å². The maximum Gasteiger partial charge on any atom is 0.334 e. The van der Waals surface area contributed by atoms with E-state index in [4.69, 9.17) is 18.9 Å². The van der Waals surface area contributed by atoms with E-state index in [9.17, 15) is 19.2 Å². The lowest BCUT2D eigenvalue weighted by Crippen LogP contribution is -2.24. The molecule has 0 aromatic rings. The minimum Gasteiger partial charge on any atom is -0.466 e. The van der Waals surface area contributed by atoms with Crippen LogP contribution in [0.4, 0.5) is 0 Å². The zero-order valence-corrected chi connectivity index (χ0v) is 19.9. The molecule has 4 rings (SSSR count). The van der Waals surface area contributed by atoms with Crippen LogP contribution in [0.5, 0.6) is 0 Å². The fourth-order valence-electron chi connectivity index (χ4n) is 5.46. The fraction of sp³-hybridized carbons (Fsp3) is 0.462. The normalized spacial score (nSPS) is 19.9. The van der Waals surface area contributed by atoms with E-state index in [0.717, 1.165) is 48.0 Å². The first-order valence-corrected chi connectivity index (χ1v) is 11.2. The van der Waals surface area contributed by atoms with Crippen molar-refractivity contribution in [1.29, 1.82) is 0 Å². The predicted octanol–water partition coefficient (Wildman–Crippen LogP) is 3.34. The molecule has 0 fully saturated rings. The van der Waals surface area contributed by atoms with Crippen LogP contribution in [-0.4, -0.2) is 52.3 Å². The quantitative estimate of drug-likeness (QED) is 0.351. The summed E-state index contributed by atoms with van der Waals surface area (Å²) >= 11 is 0. The van der Waals surface area contributed by atoms with Crippen molar-refractivity contribution in [3.63, 3.8) is 0 Å². The molecule has 4 aliphatic carbocycles. The molecule has 180 valence electrons. The van der Waals surface area contributed by atoms with Gasteiger partial charge in [0.1, 0.15) is 0 Å². The Balaban J connectivity index is 1.56. The molecule has 0 aromatic heterocycles. The highest BCUT2D eigenvalue weighted by Gasteiger charge is 2.37. The molecule has 34 heavy (non-hydrogen) atoms. The zero-order valence-electron chi connectivity index (χ0n) is 19.9. The van der Waals surface area contributed by atoms with Crippen molar-refractivity contribution in [2.24, 2.45) is 0 Å². The summed E-state index contributed by atoms with van der Waals surface area (Å²) in [7, 11) is 5.23. The minimum absolute atomic E-state index is 0.365. The van der Waals surface area contributed by atoms with Crippen molar-refractivity contribution in [2.45, 2.75) is 51.4 Å². The average Bonchev–Trinajstić information content (AvgIpc) is 2.87. The SMILES string of the molecule is COC(=O)C1=C(C(=O)OC)CC2=C(CC3=C(C2)CC2=C(C3)CC(C(=O)OC)=C(C(=O)OC)C2)C1. The van der Waals surface area contributed by atoms with Crippen molar-refractivity contribution in [3.8, 4) is 0 Å². The first kappa shape index (κ1) is 23.7. The Hall–Kier alpha value is -3.42. The summed E-state index contributed by atoms with van der Waals surface area (Å²) < 4.78 is 19.7. The minimum atomic E-state index is -0.504. The smallest absolute Gasteiger partial charge is 0.334 e. The van der Waals surface area contributed by atoms with E-state index >= 15 is 0 Å². The van der Waals surface area contributed by atoms with Crippen LogP contribution in [-0.2, 0) is 38.1 Å². The number of esters is 4. The molecule has 0 unspecified atom stereocenters. The lowest BCUT2D eigenvalue weighted by Gasteiger charge is -2.36. The highest BCUT2D eigenvalue weighted by molar-refractivity contribution is 6.02. The number of carbonyl (C=O) groups excluding carboxylic acids is 4. The van der Waals surface area contributed by atoms with Crippen LogP contribution in [0, 0.1) is 0 Å². The molecule has 4 aliphatic rings. The topological polar surface area (TPSA) is 105 Å². The van der Waals surface area contributed by atoms with E-state index in [1.165, 1.54) is 39.6 Å². The molecule has 0 saturated carbocycles. The molecule has 8 nitrogen and oxygen atoms in total. The second kappa shape index (κ2) is 9.44. The van der Waals surface area contributed by atoms with Crippen LogP contribution >= 0.6 is 0 Å². The Morgan fingerprint density at radius 2 is 0.559 bits per heavy atom. The van der Waals surface area contributed by atoms with E-state index in [-0.39, 0.29) is 0 Å². The molecule has 8 heteroatoms. The summed E-state index contributed by atoms with van der Waals surface area (Å²) in [6.45, 7) is 0. The monoisotopic (exact) mass is 468 g/mol. The molecule has 0 heterocycles. The predicted molar refractivity (Wildman–Crippen MR) is 120 cm³/mol. The summed E-state index contributed by atoms with van der Waals surface area (Å²) in [6, 6.07) is 0. The van der Waals surface area contributed by atoms with E-state index in [1.54, 1.807) is 0 Å². The van der Waals surface area contributed by atoms with Crippen LogP contribution in [0.1, 0.15) is 51.4 Å². The summed E-state index contributed by atoms with van der Waals surface area (Å²) in [5.74, 6) is -2.02. The van der Waals surface area contributed by atoms with Gasteiger partial charge in [0.05, 0.1) is 50.7 Å². The Bertz CT molecular complexity index is 981. The second-order valence-electron chi connectivity index (χ2n) is 8.92. The molecule has 0 saturated heterocycles. The molecule has 0 bridgehead atoms. The van der Waals surface area contributed by atoms with E-state index in [2.05, 4.69) is 0 Å². The highest BCUT2D eigenvalue weighted by atomic mass is 16.5.